The van der Waals surface area contributed by atoms with E-state index < -0.39 is 4.92 Å². The molecule has 1 aromatic carbocycles. The number of hydrogen-bond acceptors (Lipinski definition) is 4. The van der Waals surface area contributed by atoms with E-state index in [2.05, 4.69) is 4.98 Å². The topological polar surface area (TPSA) is 70.2 Å². The molecule has 0 spiro atoms. The van der Waals surface area contributed by atoms with E-state index in [0.717, 1.165) is 18.8 Å². The molecule has 0 atom stereocenters. The van der Waals surface area contributed by atoms with Crippen LogP contribution < -0.4 is 4.74 Å². The first-order chi connectivity index (χ1) is 9.67. The van der Waals surface area contributed by atoms with Crippen molar-refractivity contribution >= 4 is 5.69 Å². The molecule has 1 heterocycles. The normalized spacial score (nSPS) is 10.5. The van der Waals surface area contributed by atoms with E-state index in [9.17, 15) is 10.1 Å². The molecule has 1 aromatic heterocycles. The Morgan fingerprint density at radius 1 is 1.40 bits per heavy atom. The predicted octanol–water partition coefficient (Wildman–Crippen LogP) is 3.27. The van der Waals surface area contributed by atoms with Crippen LogP contribution in [0.1, 0.15) is 20.3 Å². The van der Waals surface area contributed by atoms with Gasteiger partial charge < -0.3 is 9.30 Å². The van der Waals surface area contributed by atoms with Gasteiger partial charge in [-0.25, -0.2) is 4.98 Å². The van der Waals surface area contributed by atoms with E-state index in [1.807, 2.05) is 24.6 Å². The fraction of sp³-hybridized carbons (Fsp3) is 0.357. The van der Waals surface area contributed by atoms with Crippen LogP contribution in [0, 0.1) is 10.1 Å². The lowest BCUT2D eigenvalue weighted by Crippen LogP contribution is -2.01. The van der Waals surface area contributed by atoms with Gasteiger partial charge in [-0.1, -0.05) is 6.92 Å². The highest BCUT2D eigenvalue weighted by Gasteiger charge is 2.18. The molecule has 0 bridgehead atoms. The van der Waals surface area contributed by atoms with Crippen molar-refractivity contribution in [3.8, 4) is 17.1 Å². The van der Waals surface area contributed by atoms with Crippen molar-refractivity contribution in [2.24, 2.45) is 0 Å². The molecule has 0 unspecified atom stereocenters. The van der Waals surface area contributed by atoms with Gasteiger partial charge in [0.25, 0.3) is 0 Å². The summed E-state index contributed by atoms with van der Waals surface area (Å²) >= 11 is 0. The summed E-state index contributed by atoms with van der Waals surface area (Å²) in [5.74, 6) is 1.02. The van der Waals surface area contributed by atoms with E-state index in [1.54, 1.807) is 18.3 Å². The van der Waals surface area contributed by atoms with Gasteiger partial charge in [0.05, 0.1) is 11.5 Å². The first-order valence-corrected chi connectivity index (χ1v) is 6.60. The fourth-order valence-electron chi connectivity index (χ4n) is 1.96. The van der Waals surface area contributed by atoms with Gasteiger partial charge >= 0.3 is 5.69 Å². The maximum atomic E-state index is 11.2. The van der Waals surface area contributed by atoms with E-state index in [4.69, 9.17) is 4.74 Å². The number of ether oxygens (including phenoxy) is 1. The average molecular weight is 275 g/mol. The second-order valence-corrected chi connectivity index (χ2v) is 4.32. The summed E-state index contributed by atoms with van der Waals surface area (Å²) in [5, 5.41) is 11.2. The maximum absolute atomic E-state index is 11.2. The molecule has 0 N–H and O–H groups in total. The Hall–Kier alpha value is -2.37. The summed E-state index contributed by atoms with van der Waals surface area (Å²) < 4.78 is 7.34. The molecule has 6 heteroatoms. The van der Waals surface area contributed by atoms with Crippen molar-refractivity contribution in [1.82, 2.24) is 9.55 Å². The highest BCUT2D eigenvalue weighted by molar-refractivity contribution is 5.64. The second kappa shape index (κ2) is 6.18. The first-order valence-electron chi connectivity index (χ1n) is 6.60. The Balaban J connectivity index is 2.42. The van der Waals surface area contributed by atoms with Crippen LogP contribution >= 0.6 is 0 Å². The molecule has 0 aliphatic rings. The molecule has 0 saturated heterocycles. The van der Waals surface area contributed by atoms with Gasteiger partial charge in [-0.2, -0.15) is 0 Å². The Bertz CT molecular complexity index is 607. The summed E-state index contributed by atoms with van der Waals surface area (Å²) in [4.78, 5) is 15.0. The van der Waals surface area contributed by atoms with Crippen molar-refractivity contribution in [2.75, 3.05) is 6.61 Å². The molecular weight excluding hydrogens is 258 g/mol. The zero-order valence-electron chi connectivity index (χ0n) is 11.6. The molecule has 0 aliphatic carbocycles. The lowest BCUT2D eigenvalue weighted by molar-refractivity contribution is -0.385. The van der Waals surface area contributed by atoms with Crippen molar-refractivity contribution in [3.63, 3.8) is 0 Å². The Kier molecular flexibility index (Phi) is 4.34. The molecule has 2 aromatic rings. The number of benzene rings is 1. The lowest BCUT2D eigenvalue weighted by Gasteiger charge is -2.08. The first kappa shape index (κ1) is 14.0. The van der Waals surface area contributed by atoms with E-state index in [0.29, 0.717) is 17.9 Å². The van der Waals surface area contributed by atoms with Crippen LogP contribution in [0.25, 0.3) is 11.4 Å². The minimum absolute atomic E-state index is 0.0263. The van der Waals surface area contributed by atoms with Crippen molar-refractivity contribution in [3.05, 3.63) is 40.7 Å². The average Bonchev–Trinajstić information content (AvgIpc) is 2.93. The zero-order valence-corrected chi connectivity index (χ0v) is 11.6. The number of hydrogen-bond donors (Lipinski definition) is 0. The third-order valence-corrected chi connectivity index (χ3v) is 2.93. The number of rotatable bonds is 6. The molecule has 0 radical (unpaired) electrons. The van der Waals surface area contributed by atoms with Gasteiger partial charge in [0.15, 0.2) is 5.75 Å². The van der Waals surface area contributed by atoms with Crippen molar-refractivity contribution in [2.45, 2.75) is 26.8 Å². The molecular formula is C14H17N3O3. The number of aromatic nitrogens is 2. The third-order valence-electron chi connectivity index (χ3n) is 2.93. The molecule has 0 fully saturated rings. The number of nitro groups is 1. The number of imidazole rings is 1. The summed E-state index contributed by atoms with van der Waals surface area (Å²) in [5.41, 5.74) is 0.689. The van der Waals surface area contributed by atoms with E-state index in [-0.39, 0.29) is 5.69 Å². The Labute approximate surface area is 117 Å². The number of nitrogens with zero attached hydrogens (tertiary/aromatic N) is 3. The van der Waals surface area contributed by atoms with Crippen molar-refractivity contribution in [1.29, 1.82) is 0 Å². The quantitative estimate of drug-likeness (QED) is 0.599. The van der Waals surface area contributed by atoms with Crippen LogP contribution in [0.5, 0.6) is 5.75 Å². The number of aryl methyl sites for hydroxylation is 1. The Morgan fingerprint density at radius 3 is 2.85 bits per heavy atom. The van der Waals surface area contributed by atoms with Gasteiger partial charge in [0.2, 0.25) is 0 Å². The van der Waals surface area contributed by atoms with Gasteiger partial charge in [-0.3, -0.25) is 10.1 Å². The van der Waals surface area contributed by atoms with Crippen LogP contribution in [0.15, 0.2) is 30.6 Å². The monoisotopic (exact) mass is 275 g/mol. The zero-order chi connectivity index (χ0) is 14.5. The Morgan fingerprint density at radius 2 is 2.20 bits per heavy atom. The minimum atomic E-state index is -0.423. The highest BCUT2D eigenvalue weighted by atomic mass is 16.6. The number of nitro benzene ring substituents is 1. The maximum Gasteiger partial charge on any atom is 0.311 e. The molecule has 2 rings (SSSR count). The largest absolute Gasteiger partial charge is 0.487 e. The van der Waals surface area contributed by atoms with Gasteiger partial charge in [-0.15, -0.1) is 0 Å². The third kappa shape index (κ3) is 2.79. The smallest absolute Gasteiger partial charge is 0.311 e. The van der Waals surface area contributed by atoms with Crippen LogP contribution in [0.4, 0.5) is 5.69 Å². The van der Waals surface area contributed by atoms with Crippen LogP contribution in [-0.4, -0.2) is 21.1 Å². The van der Waals surface area contributed by atoms with Crippen LogP contribution in [0.2, 0.25) is 0 Å². The molecule has 0 saturated carbocycles. The van der Waals surface area contributed by atoms with Gasteiger partial charge in [-0.05, 0) is 25.5 Å². The van der Waals surface area contributed by atoms with Gasteiger partial charge in [0, 0.05) is 30.6 Å². The SMILES string of the molecule is CCCOc1ccc(-c2nccn2CC)cc1[N+](=O)[O-]. The molecule has 6 nitrogen and oxygen atoms in total. The van der Waals surface area contributed by atoms with E-state index in [1.165, 1.54) is 6.07 Å². The predicted molar refractivity (Wildman–Crippen MR) is 75.8 cm³/mol. The second-order valence-electron chi connectivity index (χ2n) is 4.32. The molecule has 0 amide bonds. The molecule has 106 valence electrons. The summed E-state index contributed by atoms with van der Waals surface area (Å²) in [6.07, 6.45) is 4.34. The van der Waals surface area contributed by atoms with Crippen molar-refractivity contribution < 1.29 is 9.66 Å². The summed E-state index contributed by atoms with van der Waals surface area (Å²) in [6.45, 7) is 5.18. The van der Waals surface area contributed by atoms with Gasteiger partial charge in [0.1, 0.15) is 5.82 Å². The highest BCUT2D eigenvalue weighted by Crippen LogP contribution is 2.31. The van der Waals surface area contributed by atoms with Crippen LogP contribution in [-0.2, 0) is 6.54 Å². The molecule has 0 aliphatic heterocycles. The summed E-state index contributed by atoms with van der Waals surface area (Å²) in [7, 11) is 0. The summed E-state index contributed by atoms with van der Waals surface area (Å²) in [6, 6.07) is 4.95. The minimum Gasteiger partial charge on any atom is -0.487 e. The standard InChI is InChI=1S/C14H17N3O3/c1-3-9-20-13-6-5-11(10-12(13)17(18)19)14-15-7-8-16(14)4-2/h5-8,10H,3-4,9H2,1-2H3. The van der Waals surface area contributed by atoms with E-state index >= 15 is 0 Å². The molecule has 20 heavy (non-hydrogen) atoms. The fourth-order valence-corrected chi connectivity index (χ4v) is 1.96. The van der Waals surface area contributed by atoms with Crippen LogP contribution in [0.3, 0.4) is 0 Å². The lowest BCUT2D eigenvalue weighted by atomic mass is 10.1.